The van der Waals surface area contributed by atoms with Crippen LogP contribution >= 0.6 is 0 Å². The fourth-order valence-electron chi connectivity index (χ4n) is 1.12. The molecule has 2 nitrogen and oxygen atoms in total. The van der Waals surface area contributed by atoms with E-state index in [1.807, 2.05) is 13.0 Å². The predicted octanol–water partition coefficient (Wildman–Crippen LogP) is 2.23. The second-order valence-electron chi connectivity index (χ2n) is 2.37. The van der Waals surface area contributed by atoms with Gasteiger partial charge in [0.15, 0.2) is 5.76 Å². The summed E-state index contributed by atoms with van der Waals surface area (Å²) < 4.78 is 10.5. The van der Waals surface area contributed by atoms with Crippen molar-refractivity contribution in [1.29, 1.82) is 0 Å². The highest BCUT2D eigenvalue weighted by atomic mass is 16.5. The van der Waals surface area contributed by atoms with E-state index in [0.29, 0.717) is 0 Å². The highest BCUT2D eigenvalue weighted by Crippen LogP contribution is 2.19. The number of allylic oxidation sites excluding steroid dienone is 3. The highest BCUT2D eigenvalue weighted by molar-refractivity contribution is 5.20. The molecule has 0 aromatic rings. The fraction of sp³-hybridized carbons (Fsp3) is 0.556. The van der Waals surface area contributed by atoms with Crippen LogP contribution in [0.3, 0.4) is 0 Å². The van der Waals surface area contributed by atoms with Gasteiger partial charge < -0.3 is 9.47 Å². The summed E-state index contributed by atoms with van der Waals surface area (Å²) in [6, 6.07) is 0. The minimum atomic E-state index is 0.718. The van der Waals surface area contributed by atoms with Crippen molar-refractivity contribution in [2.75, 3.05) is 13.7 Å². The van der Waals surface area contributed by atoms with Crippen molar-refractivity contribution in [3.05, 3.63) is 23.7 Å². The number of methoxy groups -OCH3 is 1. The van der Waals surface area contributed by atoms with Crippen LogP contribution in [0.25, 0.3) is 0 Å². The summed E-state index contributed by atoms with van der Waals surface area (Å²) in [5.74, 6) is 1.86. The minimum Gasteiger partial charge on any atom is -0.494 e. The van der Waals surface area contributed by atoms with Gasteiger partial charge in [-0.1, -0.05) is 6.08 Å². The normalized spacial score (nSPS) is 16.9. The zero-order valence-corrected chi connectivity index (χ0v) is 7.09. The molecule has 0 N–H and O–H groups in total. The van der Waals surface area contributed by atoms with Crippen LogP contribution in [-0.4, -0.2) is 13.7 Å². The summed E-state index contributed by atoms with van der Waals surface area (Å²) in [6.45, 7) is 2.70. The molecule has 0 aromatic carbocycles. The lowest BCUT2D eigenvalue weighted by atomic mass is 10.1. The van der Waals surface area contributed by atoms with Gasteiger partial charge in [-0.2, -0.15) is 0 Å². The van der Waals surface area contributed by atoms with Gasteiger partial charge in [0.1, 0.15) is 5.76 Å². The largest absolute Gasteiger partial charge is 0.494 e. The van der Waals surface area contributed by atoms with E-state index in [4.69, 9.17) is 9.47 Å². The second-order valence-corrected chi connectivity index (χ2v) is 2.37. The summed E-state index contributed by atoms with van der Waals surface area (Å²) in [5.41, 5.74) is 0. The third-order valence-corrected chi connectivity index (χ3v) is 1.62. The first-order valence-corrected chi connectivity index (χ1v) is 3.95. The molecule has 0 atom stereocenters. The van der Waals surface area contributed by atoms with E-state index in [1.54, 1.807) is 7.11 Å². The maximum absolute atomic E-state index is 5.39. The first-order valence-electron chi connectivity index (χ1n) is 3.95. The molecule has 0 spiro atoms. The van der Waals surface area contributed by atoms with E-state index in [9.17, 15) is 0 Å². The average molecular weight is 154 g/mol. The van der Waals surface area contributed by atoms with Gasteiger partial charge in [0.25, 0.3) is 0 Å². The molecule has 0 fully saturated rings. The molecular formula is C9H14O2. The SMILES string of the molecule is CCOC1=C(OC)C=CCC1. The van der Waals surface area contributed by atoms with Gasteiger partial charge in [-0.15, -0.1) is 0 Å². The van der Waals surface area contributed by atoms with E-state index in [1.165, 1.54) is 0 Å². The third kappa shape index (κ3) is 2.00. The molecule has 0 aliphatic heterocycles. The Labute approximate surface area is 67.5 Å². The average Bonchev–Trinajstić information content (AvgIpc) is 2.06. The molecule has 0 saturated carbocycles. The van der Waals surface area contributed by atoms with Crippen LogP contribution in [0.1, 0.15) is 19.8 Å². The Morgan fingerprint density at radius 1 is 1.55 bits per heavy atom. The van der Waals surface area contributed by atoms with Crippen molar-refractivity contribution in [1.82, 2.24) is 0 Å². The molecule has 0 amide bonds. The molecule has 0 saturated heterocycles. The summed E-state index contributed by atoms with van der Waals surface area (Å²) in [4.78, 5) is 0. The Hall–Kier alpha value is -0.920. The molecule has 62 valence electrons. The van der Waals surface area contributed by atoms with Crippen LogP contribution in [0.2, 0.25) is 0 Å². The van der Waals surface area contributed by atoms with Crippen LogP contribution in [-0.2, 0) is 9.47 Å². The predicted molar refractivity (Wildman–Crippen MR) is 44.0 cm³/mol. The van der Waals surface area contributed by atoms with Crippen LogP contribution in [0.4, 0.5) is 0 Å². The molecule has 0 radical (unpaired) electrons. The van der Waals surface area contributed by atoms with Crippen LogP contribution in [0.5, 0.6) is 0 Å². The van der Waals surface area contributed by atoms with Crippen LogP contribution in [0, 0.1) is 0 Å². The summed E-state index contributed by atoms with van der Waals surface area (Å²) in [5, 5.41) is 0. The molecule has 0 unspecified atom stereocenters. The van der Waals surface area contributed by atoms with Gasteiger partial charge in [0.05, 0.1) is 13.7 Å². The number of hydrogen-bond acceptors (Lipinski definition) is 2. The van der Waals surface area contributed by atoms with Crippen LogP contribution < -0.4 is 0 Å². The monoisotopic (exact) mass is 154 g/mol. The van der Waals surface area contributed by atoms with Gasteiger partial charge in [-0.25, -0.2) is 0 Å². The molecule has 0 aromatic heterocycles. The van der Waals surface area contributed by atoms with E-state index in [-0.39, 0.29) is 0 Å². The van der Waals surface area contributed by atoms with Gasteiger partial charge in [-0.05, 0) is 19.4 Å². The second kappa shape index (κ2) is 4.06. The standard InChI is InChI=1S/C9H14O2/c1-3-11-9-7-5-4-6-8(9)10-2/h4,6H,3,5,7H2,1-2H3. The maximum atomic E-state index is 5.39. The third-order valence-electron chi connectivity index (χ3n) is 1.62. The lowest BCUT2D eigenvalue weighted by Crippen LogP contribution is -2.00. The van der Waals surface area contributed by atoms with Gasteiger partial charge >= 0.3 is 0 Å². The molecular weight excluding hydrogens is 140 g/mol. The van der Waals surface area contributed by atoms with Crippen molar-refractivity contribution >= 4 is 0 Å². The van der Waals surface area contributed by atoms with E-state index < -0.39 is 0 Å². The summed E-state index contributed by atoms with van der Waals surface area (Å²) in [7, 11) is 1.67. The lowest BCUT2D eigenvalue weighted by Gasteiger charge is -2.14. The Kier molecular flexibility index (Phi) is 3.02. The first kappa shape index (κ1) is 8.18. The molecule has 1 rings (SSSR count). The van der Waals surface area contributed by atoms with Gasteiger partial charge in [-0.3, -0.25) is 0 Å². The Balaban J connectivity index is 2.66. The van der Waals surface area contributed by atoms with E-state index in [0.717, 1.165) is 31.0 Å². The van der Waals surface area contributed by atoms with Crippen molar-refractivity contribution < 1.29 is 9.47 Å². The fourth-order valence-corrected chi connectivity index (χ4v) is 1.12. The highest BCUT2D eigenvalue weighted by Gasteiger charge is 2.08. The Morgan fingerprint density at radius 3 is 3.00 bits per heavy atom. The maximum Gasteiger partial charge on any atom is 0.156 e. The molecule has 1 aliphatic rings. The molecule has 0 heterocycles. The van der Waals surface area contributed by atoms with Gasteiger partial charge in [0, 0.05) is 6.42 Å². The van der Waals surface area contributed by atoms with E-state index in [2.05, 4.69) is 6.08 Å². The van der Waals surface area contributed by atoms with Crippen molar-refractivity contribution in [3.63, 3.8) is 0 Å². The molecule has 0 bridgehead atoms. The first-order chi connectivity index (χ1) is 5.38. The zero-order chi connectivity index (χ0) is 8.10. The quantitative estimate of drug-likeness (QED) is 0.620. The minimum absolute atomic E-state index is 0.718. The smallest absolute Gasteiger partial charge is 0.156 e. The Morgan fingerprint density at radius 2 is 2.36 bits per heavy atom. The summed E-state index contributed by atoms with van der Waals surface area (Å²) in [6.07, 6.45) is 6.09. The number of rotatable bonds is 3. The van der Waals surface area contributed by atoms with Crippen LogP contribution in [0.15, 0.2) is 23.7 Å². The number of hydrogen-bond donors (Lipinski definition) is 0. The zero-order valence-electron chi connectivity index (χ0n) is 7.09. The molecule has 2 heteroatoms. The van der Waals surface area contributed by atoms with Crippen molar-refractivity contribution in [2.24, 2.45) is 0 Å². The summed E-state index contributed by atoms with van der Waals surface area (Å²) >= 11 is 0. The topological polar surface area (TPSA) is 18.5 Å². The van der Waals surface area contributed by atoms with Crippen molar-refractivity contribution in [3.8, 4) is 0 Å². The Bertz CT molecular complexity index is 180. The van der Waals surface area contributed by atoms with Gasteiger partial charge in [0.2, 0.25) is 0 Å². The molecule has 11 heavy (non-hydrogen) atoms. The lowest BCUT2D eigenvalue weighted by molar-refractivity contribution is 0.182. The van der Waals surface area contributed by atoms with Crippen molar-refractivity contribution in [2.45, 2.75) is 19.8 Å². The number of ether oxygens (including phenoxy) is 2. The molecule has 1 aliphatic carbocycles. The van der Waals surface area contributed by atoms with E-state index >= 15 is 0 Å².